The van der Waals surface area contributed by atoms with Gasteiger partial charge in [0.1, 0.15) is 18.0 Å². The van der Waals surface area contributed by atoms with Gasteiger partial charge in [-0.25, -0.2) is 4.39 Å². The summed E-state index contributed by atoms with van der Waals surface area (Å²) in [6.07, 6.45) is 0. The number of rotatable bonds is 3. The Balaban J connectivity index is 1.74. The second-order valence-corrected chi connectivity index (χ2v) is 6.94. The highest BCUT2D eigenvalue weighted by Crippen LogP contribution is 2.25. The summed E-state index contributed by atoms with van der Waals surface area (Å²) in [6.45, 7) is 7.44. The molecule has 2 aliphatic rings. The molecule has 0 saturated carbocycles. The van der Waals surface area contributed by atoms with Crippen LogP contribution in [-0.2, 0) is 20.8 Å². The molecule has 1 aromatic carbocycles. The molecule has 2 aliphatic heterocycles. The second kappa shape index (κ2) is 7.17. The molecule has 1 amide bonds. The van der Waals surface area contributed by atoms with Crippen LogP contribution in [0.5, 0.6) is 0 Å². The quantitative estimate of drug-likeness (QED) is 0.842. The third-order valence-corrected chi connectivity index (χ3v) is 4.67. The second-order valence-electron chi connectivity index (χ2n) is 6.94. The Morgan fingerprint density at radius 2 is 2.08 bits per heavy atom. The molecule has 0 bridgehead atoms. The number of benzene rings is 1. The molecule has 5 nitrogen and oxygen atoms in total. The standard InChI is InChI=1S/C18H25FN2O3/c1-14(2)21-12-18(13-23-10-17(21)22)11-20(7-8-24-18)9-15-5-3-4-6-16(15)19/h3-6,14H,7-13H2,1-2H3. The molecule has 2 saturated heterocycles. The highest BCUT2D eigenvalue weighted by Gasteiger charge is 2.42. The summed E-state index contributed by atoms with van der Waals surface area (Å²) in [7, 11) is 0. The summed E-state index contributed by atoms with van der Waals surface area (Å²) in [5.74, 6) is -0.189. The van der Waals surface area contributed by atoms with E-state index in [2.05, 4.69) is 4.90 Å². The average Bonchev–Trinajstić information content (AvgIpc) is 2.69. The van der Waals surface area contributed by atoms with Gasteiger partial charge in [0.15, 0.2) is 0 Å². The van der Waals surface area contributed by atoms with Crippen molar-refractivity contribution in [3.63, 3.8) is 0 Å². The molecule has 132 valence electrons. The number of ether oxygens (including phenoxy) is 2. The number of morpholine rings is 1. The minimum absolute atomic E-state index is 0.00305. The van der Waals surface area contributed by atoms with E-state index >= 15 is 0 Å². The van der Waals surface area contributed by atoms with Crippen molar-refractivity contribution < 1.29 is 18.7 Å². The fourth-order valence-electron chi connectivity index (χ4n) is 3.43. The van der Waals surface area contributed by atoms with Gasteiger partial charge in [-0.2, -0.15) is 0 Å². The molecule has 6 heteroatoms. The Hall–Kier alpha value is -1.50. The number of hydrogen-bond acceptors (Lipinski definition) is 4. The van der Waals surface area contributed by atoms with Crippen LogP contribution in [0.15, 0.2) is 24.3 Å². The highest BCUT2D eigenvalue weighted by molar-refractivity contribution is 5.78. The molecule has 0 aliphatic carbocycles. The van der Waals surface area contributed by atoms with E-state index in [0.29, 0.717) is 38.4 Å². The number of halogens is 1. The zero-order valence-electron chi connectivity index (χ0n) is 14.3. The first-order chi connectivity index (χ1) is 11.5. The van der Waals surface area contributed by atoms with Gasteiger partial charge in [0, 0.05) is 31.2 Å². The lowest BCUT2D eigenvalue weighted by molar-refractivity contribution is -0.147. The molecule has 1 spiro atoms. The molecule has 24 heavy (non-hydrogen) atoms. The minimum Gasteiger partial charge on any atom is -0.369 e. The van der Waals surface area contributed by atoms with Gasteiger partial charge in [-0.3, -0.25) is 9.69 Å². The zero-order chi connectivity index (χ0) is 17.2. The normalized spacial score (nSPS) is 26.2. The summed E-state index contributed by atoms with van der Waals surface area (Å²) < 4.78 is 25.6. The molecular weight excluding hydrogens is 311 g/mol. The largest absolute Gasteiger partial charge is 0.369 e. The van der Waals surface area contributed by atoms with E-state index in [9.17, 15) is 9.18 Å². The van der Waals surface area contributed by atoms with Crippen LogP contribution in [-0.4, -0.2) is 66.8 Å². The van der Waals surface area contributed by atoms with E-state index in [4.69, 9.17) is 9.47 Å². The molecule has 1 aromatic rings. The number of carbonyl (C=O) groups excluding carboxylic acids is 1. The van der Waals surface area contributed by atoms with Crippen LogP contribution in [0.4, 0.5) is 4.39 Å². The SMILES string of the molecule is CC(C)N1CC2(COCC1=O)CN(Cc1ccccc1F)CCO2. The van der Waals surface area contributed by atoms with Crippen LogP contribution >= 0.6 is 0 Å². The summed E-state index contributed by atoms with van der Waals surface area (Å²) >= 11 is 0. The topological polar surface area (TPSA) is 42.0 Å². The van der Waals surface area contributed by atoms with Gasteiger partial charge in [0.25, 0.3) is 0 Å². The first-order valence-corrected chi connectivity index (χ1v) is 8.46. The summed E-state index contributed by atoms with van der Waals surface area (Å²) in [5, 5.41) is 0. The number of nitrogens with zero attached hydrogens (tertiary/aromatic N) is 2. The maximum Gasteiger partial charge on any atom is 0.248 e. The zero-order valence-corrected chi connectivity index (χ0v) is 14.3. The minimum atomic E-state index is -0.542. The van der Waals surface area contributed by atoms with Gasteiger partial charge in [0.05, 0.1) is 19.8 Å². The van der Waals surface area contributed by atoms with Crippen molar-refractivity contribution in [2.45, 2.75) is 32.0 Å². The van der Waals surface area contributed by atoms with Gasteiger partial charge in [0.2, 0.25) is 5.91 Å². The van der Waals surface area contributed by atoms with Crippen molar-refractivity contribution >= 4 is 5.91 Å². The molecule has 1 unspecified atom stereocenters. The molecule has 0 radical (unpaired) electrons. The lowest BCUT2D eigenvalue weighted by Gasteiger charge is -2.44. The van der Waals surface area contributed by atoms with Crippen molar-refractivity contribution in [3.05, 3.63) is 35.6 Å². The van der Waals surface area contributed by atoms with E-state index < -0.39 is 5.60 Å². The van der Waals surface area contributed by atoms with E-state index in [1.54, 1.807) is 6.07 Å². The first kappa shape index (κ1) is 17.3. The van der Waals surface area contributed by atoms with Gasteiger partial charge >= 0.3 is 0 Å². The Kier molecular flexibility index (Phi) is 5.18. The third kappa shape index (κ3) is 3.77. The highest BCUT2D eigenvalue weighted by atomic mass is 19.1. The van der Waals surface area contributed by atoms with Crippen LogP contribution in [0.25, 0.3) is 0 Å². The van der Waals surface area contributed by atoms with Gasteiger partial charge in [-0.15, -0.1) is 0 Å². The molecule has 2 heterocycles. The van der Waals surface area contributed by atoms with Crippen LogP contribution in [0, 0.1) is 5.82 Å². The Labute approximate surface area is 142 Å². The molecule has 1 atom stereocenters. The van der Waals surface area contributed by atoms with E-state index in [1.165, 1.54) is 6.07 Å². The smallest absolute Gasteiger partial charge is 0.248 e. The monoisotopic (exact) mass is 336 g/mol. The van der Waals surface area contributed by atoms with Crippen molar-refractivity contribution in [1.29, 1.82) is 0 Å². The number of carbonyl (C=O) groups is 1. The Bertz CT molecular complexity index is 595. The van der Waals surface area contributed by atoms with E-state index in [0.717, 1.165) is 6.54 Å². The number of amides is 1. The van der Waals surface area contributed by atoms with Crippen LogP contribution in [0.2, 0.25) is 0 Å². The van der Waals surface area contributed by atoms with Crippen molar-refractivity contribution in [3.8, 4) is 0 Å². The van der Waals surface area contributed by atoms with Gasteiger partial charge in [-0.05, 0) is 19.9 Å². The summed E-state index contributed by atoms with van der Waals surface area (Å²) in [5.41, 5.74) is 0.140. The van der Waals surface area contributed by atoms with Crippen molar-refractivity contribution in [1.82, 2.24) is 9.80 Å². The lowest BCUT2D eigenvalue weighted by Crippen LogP contribution is -2.59. The first-order valence-electron chi connectivity index (χ1n) is 8.46. The molecular formula is C18H25FN2O3. The molecule has 2 fully saturated rings. The maximum absolute atomic E-state index is 13.9. The molecule has 0 aromatic heterocycles. The fourth-order valence-corrected chi connectivity index (χ4v) is 3.43. The fraction of sp³-hybridized carbons (Fsp3) is 0.611. The van der Waals surface area contributed by atoms with Gasteiger partial charge < -0.3 is 14.4 Å². The summed E-state index contributed by atoms with van der Waals surface area (Å²) in [4.78, 5) is 16.2. The summed E-state index contributed by atoms with van der Waals surface area (Å²) in [6, 6.07) is 6.94. The van der Waals surface area contributed by atoms with Crippen LogP contribution < -0.4 is 0 Å². The maximum atomic E-state index is 13.9. The third-order valence-electron chi connectivity index (χ3n) is 4.67. The van der Waals surface area contributed by atoms with Gasteiger partial charge in [-0.1, -0.05) is 18.2 Å². The predicted molar refractivity (Wildman–Crippen MR) is 88.0 cm³/mol. The molecule has 3 rings (SSSR count). The average molecular weight is 336 g/mol. The number of hydrogen-bond donors (Lipinski definition) is 0. The Morgan fingerprint density at radius 3 is 2.83 bits per heavy atom. The van der Waals surface area contributed by atoms with Crippen molar-refractivity contribution in [2.24, 2.45) is 0 Å². The Morgan fingerprint density at radius 1 is 1.29 bits per heavy atom. The van der Waals surface area contributed by atoms with Crippen LogP contribution in [0.3, 0.4) is 0 Å². The predicted octanol–water partition coefficient (Wildman–Crippen LogP) is 1.66. The van der Waals surface area contributed by atoms with Crippen molar-refractivity contribution in [2.75, 3.05) is 39.5 Å². The lowest BCUT2D eigenvalue weighted by atomic mass is 10.0. The molecule has 0 N–H and O–H groups in total. The van der Waals surface area contributed by atoms with Crippen LogP contribution in [0.1, 0.15) is 19.4 Å². The van der Waals surface area contributed by atoms with E-state index in [-0.39, 0.29) is 24.4 Å². The van der Waals surface area contributed by atoms with E-state index in [1.807, 2.05) is 30.9 Å².